The predicted molar refractivity (Wildman–Crippen MR) is 43.5 cm³/mol. The van der Waals surface area contributed by atoms with Gasteiger partial charge in [0, 0.05) is 12.5 Å². The SMILES string of the molecule is CC(C)(C)Cc1ccc(O)o1. The number of aromatic hydroxyl groups is 1. The third-order valence-corrected chi connectivity index (χ3v) is 1.35. The lowest BCUT2D eigenvalue weighted by molar-refractivity contribution is 0.295. The van der Waals surface area contributed by atoms with Gasteiger partial charge in [-0.15, -0.1) is 0 Å². The molecular formula is C9H14O2. The highest BCUT2D eigenvalue weighted by molar-refractivity contribution is 5.11. The second kappa shape index (κ2) is 2.61. The van der Waals surface area contributed by atoms with E-state index in [9.17, 15) is 0 Å². The van der Waals surface area contributed by atoms with Gasteiger partial charge >= 0.3 is 0 Å². The highest BCUT2D eigenvalue weighted by Gasteiger charge is 2.13. The first kappa shape index (κ1) is 8.18. The van der Waals surface area contributed by atoms with Crippen LogP contribution in [0.5, 0.6) is 5.95 Å². The van der Waals surface area contributed by atoms with Gasteiger partial charge in [0.2, 0.25) is 0 Å². The first-order chi connectivity index (χ1) is 4.97. The predicted octanol–water partition coefficient (Wildman–Crippen LogP) is 2.57. The maximum atomic E-state index is 8.88. The molecule has 62 valence electrons. The molecule has 0 unspecified atom stereocenters. The molecule has 0 bridgehead atoms. The van der Waals surface area contributed by atoms with Crippen molar-refractivity contribution < 1.29 is 9.52 Å². The first-order valence-electron chi connectivity index (χ1n) is 3.75. The van der Waals surface area contributed by atoms with Crippen LogP contribution < -0.4 is 0 Å². The van der Waals surface area contributed by atoms with Gasteiger partial charge in [-0.2, -0.15) is 0 Å². The third-order valence-electron chi connectivity index (χ3n) is 1.35. The minimum absolute atomic E-state index is 0.00394. The van der Waals surface area contributed by atoms with Crippen molar-refractivity contribution in [3.8, 4) is 5.95 Å². The number of rotatable bonds is 1. The quantitative estimate of drug-likeness (QED) is 0.674. The van der Waals surface area contributed by atoms with Crippen LogP contribution in [0.25, 0.3) is 0 Å². The van der Waals surface area contributed by atoms with Gasteiger partial charge in [0.05, 0.1) is 0 Å². The lowest BCUT2D eigenvalue weighted by Crippen LogP contribution is -2.07. The molecule has 0 amide bonds. The Morgan fingerprint density at radius 2 is 2.00 bits per heavy atom. The summed E-state index contributed by atoms with van der Waals surface area (Å²) in [6.07, 6.45) is 0.855. The molecule has 0 aliphatic rings. The Hall–Kier alpha value is -0.920. The Kier molecular flexibility index (Phi) is 1.94. The maximum absolute atomic E-state index is 8.88. The lowest BCUT2D eigenvalue weighted by Gasteiger charge is -2.15. The van der Waals surface area contributed by atoms with Gasteiger partial charge in [-0.1, -0.05) is 20.8 Å². The van der Waals surface area contributed by atoms with E-state index in [1.807, 2.05) is 0 Å². The summed E-state index contributed by atoms with van der Waals surface area (Å²) >= 11 is 0. The zero-order chi connectivity index (χ0) is 8.48. The smallest absolute Gasteiger partial charge is 0.281 e. The van der Waals surface area contributed by atoms with Gasteiger partial charge in [0.15, 0.2) is 0 Å². The zero-order valence-electron chi connectivity index (χ0n) is 7.22. The molecule has 0 saturated carbocycles. The molecule has 0 spiro atoms. The summed E-state index contributed by atoms with van der Waals surface area (Å²) in [6.45, 7) is 6.39. The molecule has 0 radical (unpaired) electrons. The van der Waals surface area contributed by atoms with Gasteiger partial charge in [-0.05, 0) is 11.5 Å². The first-order valence-corrected chi connectivity index (χ1v) is 3.75. The Morgan fingerprint density at radius 1 is 1.36 bits per heavy atom. The van der Waals surface area contributed by atoms with Gasteiger partial charge in [0.1, 0.15) is 5.76 Å². The van der Waals surface area contributed by atoms with Crippen molar-refractivity contribution in [3.63, 3.8) is 0 Å². The van der Waals surface area contributed by atoms with E-state index >= 15 is 0 Å². The summed E-state index contributed by atoms with van der Waals surface area (Å²) in [7, 11) is 0. The van der Waals surface area contributed by atoms with Crippen LogP contribution in [0, 0.1) is 5.41 Å². The van der Waals surface area contributed by atoms with Crippen molar-refractivity contribution in [3.05, 3.63) is 17.9 Å². The highest BCUT2D eigenvalue weighted by atomic mass is 16.5. The monoisotopic (exact) mass is 154 g/mol. The van der Waals surface area contributed by atoms with Crippen LogP contribution in [0.2, 0.25) is 0 Å². The molecule has 0 aliphatic heterocycles. The summed E-state index contributed by atoms with van der Waals surface area (Å²) in [6, 6.07) is 3.38. The lowest BCUT2D eigenvalue weighted by atomic mass is 9.91. The zero-order valence-corrected chi connectivity index (χ0v) is 7.22. The third kappa shape index (κ3) is 2.66. The fourth-order valence-corrected chi connectivity index (χ4v) is 0.984. The van der Waals surface area contributed by atoms with Gasteiger partial charge < -0.3 is 9.52 Å². The molecular weight excluding hydrogens is 140 g/mol. The van der Waals surface area contributed by atoms with E-state index in [-0.39, 0.29) is 11.4 Å². The van der Waals surface area contributed by atoms with Crippen LogP contribution >= 0.6 is 0 Å². The van der Waals surface area contributed by atoms with Crippen molar-refractivity contribution in [1.82, 2.24) is 0 Å². The Bertz CT molecular complexity index is 230. The molecule has 1 N–H and O–H groups in total. The van der Waals surface area contributed by atoms with Crippen molar-refractivity contribution in [2.45, 2.75) is 27.2 Å². The molecule has 0 aromatic carbocycles. The molecule has 0 fully saturated rings. The van der Waals surface area contributed by atoms with Crippen LogP contribution in [0.4, 0.5) is 0 Å². The molecule has 1 aromatic rings. The van der Waals surface area contributed by atoms with Crippen LogP contribution in [0.15, 0.2) is 16.5 Å². The maximum Gasteiger partial charge on any atom is 0.281 e. The molecule has 1 rings (SSSR count). The number of hydrogen-bond donors (Lipinski definition) is 1. The average molecular weight is 154 g/mol. The molecule has 0 saturated heterocycles. The van der Waals surface area contributed by atoms with E-state index < -0.39 is 0 Å². The van der Waals surface area contributed by atoms with E-state index in [4.69, 9.17) is 9.52 Å². The van der Waals surface area contributed by atoms with Crippen molar-refractivity contribution in [1.29, 1.82) is 0 Å². The topological polar surface area (TPSA) is 33.4 Å². The standard InChI is InChI=1S/C9H14O2/c1-9(2,3)6-7-4-5-8(10)11-7/h4-5,10H,6H2,1-3H3. The second-order valence-corrected chi connectivity index (χ2v) is 3.98. The summed E-state index contributed by atoms with van der Waals surface area (Å²) in [4.78, 5) is 0. The van der Waals surface area contributed by atoms with E-state index in [2.05, 4.69) is 20.8 Å². The molecule has 1 aromatic heterocycles. The fourth-order valence-electron chi connectivity index (χ4n) is 0.984. The number of hydrogen-bond acceptors (Lipinski definition) is 2. The van der Waals surface area contributed by atoms with Crippen LogP contribution in [-0.2, 0) is 6.42 Å². The highest BCUT2D eigenvalue weighted by Crippen LogP contribution is 2.23. The van der Waals surface area contributed by atoms with Crippen molar-refractivity contribution in [2.24, 2.45) is 5.41 Å². The summed E-state index contributed by atoms with van der Waals surface area (Å²) in [5, 5.41) is 8.88. The largest absolute Gasteiger partial charge is 0.481 e. The number of furan rings is 1. The van der Waals surface area contributed by atoms with Crippen molar-refractivity contribution >= 4 is 0 Å². The molecule has 1 heterocycles. The summed E-state index contributed by atoms with van der Waals surface area (Å²) in [5.74, 6) is 0.847. The average Bonchev–Trinajstić information content (AvgIpc) is 2.10. The summed E-state index contributed by atoms with van der Waals surface area (Å²) in [5.41, 5.74) is 0.213. The normalized spacial score (nSPS) is 11.9. The second-order valence-electron chi connectivity index (χ2n) is 3.98. The molecule has 2 nitrogen and oxygen atoms in total. The van der Waals surface area contributed by atoms with Gasteiger partial charge in [0.25, 0.3) is 5.95 Å². The van der Waals surface area contributed by atoms with Crippen LogP contribution in [0.3, 0.4) is 0 Å². The molecule has 11 heavy (non-hydrogen) atoms. The van der Waals surface area contributed by atoms with Crippen LogP contribution in [-0.4, -0.2) is 5.11 Å². The Morgan fingerprint density at radius 3 is 2.36 bits per heavy atom. The molecule has 0 aliphatic carbocycles. The van der Waals surface area contributed by atoms with E-state index in [0.717, 1.165) is 12.2 Å². The Labute approximate surface area is 66.8 Å². The molecule has 2 heteroatoms. The Balaban J connectivity index is 2.65. The van der Waals surface area contributed by atoms with E-state index in [1.54, 1.807) is 12.1 Å². The minimum atomic E-state index is 0.00394. The van der Waals surface area contributed by atoms with Crippen molar-refractivity contribution in [2.75, 3.05) is 0 Å². The molecule has 0 atom stereocenters. The fraction of sp³-hybridized carbons (Fsp3) is 0.556. The van der Waals surface area contributed by atoms with E-state index in [1.165, 1.54) is 0 Å². The van der Waals surface area contributed by atoms with Gasteiger partial charge in [-0.3, -0.25) is 0 Å². The van der Waals surface area contributed by atoms with Gasteiger partial charge in [-0.25, -0.2) is 0 Å². The minimum Gasteiger partial charge on any atom is -0.481 e. The summed E-state index contributed by atoms with van der Waals surface area (Å²) < 4.78 is 5.02. The van der Waals surface area contributed by atoms with E-state index in [0.29, 0.717) is 0 Å². The van der Waals surface area contributed by atoms with Crippen LogP contribution in [0.1, 0.15) is 26.5 Å².